The van der Waals surface area contributed by atoms with Crippen LogP contribution in [0.15, 0.2) is 65.2 Å². The van der Waals surface area contributed by atoms with Crippen molar-refractivity contribution >= 4 is 23.2 Å². The Kier molecular flexibility index (Phi) is 3.99. The predicted molar refractivity (Wildman–Crippen MR) is 105 cm³/mol. The van der Waals surface area contributed by atoms with Crippen LogP contribution in [0, 0.1) is 18.3 Å². The first-order valence-electron chi connectivity index (χ1n) is 8.78. The van der Waals surface area contributed by atoms with Crippen LogP contribution in [0.5, 0.6) is 0 Å². The number of allylic oxidation sites excluding steroid dienone is 2. The van der Waals surface area contributed by atoms with Gasteiger partial charge in [0.2, 0.25) is 0 Å². The van der Waals surface area contributed by atoms with Crippen molar-refractivity contribution in [1.29, 1.82) is 0 Å². The molecule has 0 aromatic heterocycles. The first-order chi connectivity index (χ1) is 11.9. The lowest BCUT2D eigenvalue weighted by atomic mass is 9.74. The van der Waals surface area contributed by atoms with Gasteiger partial charge in [-0.2, -0.15) is 0 Å². The van der Waals surface area contributed by atoms with E-state index in [-0.39, 0.29) is 16.6 Å². The number of carbonyl (C=O) groups excluding carboxylic acids is 1. The minimum atomic E-state index is -0.117. The second kappa shape index (κ2) is 6.06. The highest BCUT2D eigenvalue weighted by Crippen LogP contribution is 2.52. The van der Waals surface area contributed by atoms with Crippen LogP contribution in [-0.2, 0) is 4.79 Å². The van der Waals surface area contributed by atoms with Crippen LogP contribution >= 0.6 is 11.8 Å². The molecule has 0 saturated heterocycles. The Labute approximate surface area is 153 Å². The van der Waals surface area contributed by atoms with Crippen molar-refractivity contribution in [2.75, 3.05) is 5.32 Å². The number of benzene rings is 2. The van der Waals surface area contributed by atoms with Gasteiger partial charge in [-0.25, -0.2) is 0 Å². The Balaban J connectivity index is 1.87. The quantitative estimate of drug-likeness (QED) is 0.710. The van der Waals surface area contributed by atoms with Gasteiger partial charge in [-0.15, -0.1) is 11.8 Å². The summed E-state index contributed by atoms with van der Waals surface area (Å²) in [7, 11) is 0. The monoisotopic (exact) mass is 349 g/mol. The summed E-state index contributed by atoms with van der Waals surface area (Å²) in [6.07, 6.45) is 2.87. The first kappa shape index (κ1) is 16.5. The normalized spacial score (nSPS) is 24.4. The third-order valence-electron chi connectivity index (χ3n) is 4.99. The van der Waals surface area contributed by atoms with E-state index in [1.165, 1.54) is 16.0 Å². The van der Waals surface area contributed by atoms with E-state index in [9.17, 15) is 4.79 Å². The van der Waals surface area contributed by atoms with Gasteiger partial charge in [0.25, 0.3) is 0 Å². The number of anilines is 1. The van der Waals surface area contributed by atoms with Crippen molar-refractivity contribution in [2.45, 2.75) is 37.3 Å². The lowest BCUT2D eigenvalue weighted by Gasteiger charge is -2.35. The molecule has 0 amide bonds. The largest absolute Gasteiger partial charge is 0.358 e. The zero-order valence-electron chi connectivity index (χ0n) is 14.9. The van der Waals surface area contributed by atoms with E-state index < -0.39 is 0 Å². The van der Waals surface area contributed by atoms with Gasteiger partial charge >= 0.3 is 0 Å². The molecule has 25 heavy (non-hydrogen) atoms. The maximum atomic E-state index is 13.1. The number of fused-ring (bicyclic) bond motifs is 2. The minimum absolute atomic E-state index is 0.0995. The van der Waals surface area contributed by atoms with Crippen LogP contribution in [0.1, 0.15) is 36.6 Å². The first-order valence-corrected chi connectivity index (χ1v) is 9.66. The molecule has 2 nitrogen and oxygen atoms in total. The van der Waals surface area contributed by atoms with Crippen molar-refractivity contribution in [3.8, 4) is 0 Å². The number of aryl methyl sites for hydroxylation is 1. The Bertz CT molecular complexity index is 851. The Morgan fingerprint density at radius 1 is 1.08 bits per heavy atom. The smallest absolute Gasteiger partial charge is 0.144 e. The molecule has 1 aliphatic carbocycles. The molecule has 0 fully saturated rings. The summed E-state index contributed by atoms with van der Waals surface area (Å²) < 4.78 is 0. The molecule has 128 valence electrons. The molecule has 0 spiro atoms. The van der Waals surface area contributed by atoms with Gasteiger partial charge in [0, 0.05) is 22.3 Å². The Morgan fingerprint density at radius 3 is 2.56 bits per heavy atom. The molecular weight excluding hydrogens is 326 g/mol. The summed E-state index contributed by atoms with van der Waals surface area (Å²) in [4.78, 5) is 14.3. The van der Waals surface area contributed by atoms with Crippen LogP contribution in [0.2, 0.25) is 0 Å². The van der Waals surface area contributed by atoms with E-state index in [4.69, 9.17) is 0 Å². The number of ketones is 1. The maximum Gasteiger partial charge on any atom is 0.144 e. The predicted octanol–water partition coefficient (Wildman–Crippen LogP) is 5.75. The van der Waals surface area contributed by atoms with Crippen LogP contribution in [0.3, 0.4) is 0 Å². The molecule has 0 saturated carbocycles. The van der Waals surface area contributed by atoms with Crippen molar-refractivity contribution in [1.82, 2.24) is 0 Å². The fraction of sp³-hybridized carbons (Fsp3) is 0.318. The number of para-hydroxylation sites is 1. The fourth-order valence-electron chi connectivity index (χ4n) is 3.79. The highest BCUT2D eigenvalue weighted by Gasteiger charge is 2.41. The summed E-state index contributed by atoms with van der Waals surface area (Å²) >= 11 is 1.80. The third kappa shape index (κ3) is 3.13. The molecule has 4 rings (SSSR count). The molecule has 0 radical (unpaired) electrons. The second-order valence-corrected chi connectivity index (χ2v) is 8.96. The van der Waals surface area contributed by atoms with Gasteiger partial charge in [-0.1, -0.05) is 61.9 Å². The number of nitrogens with one attached hydrogen (secondary N) is 1. The number of carbonyl (C=O) groups is 1. The molecule has 2 aliphatic rings. The third-order valence-corrected chi connectivity index (χ3v) is 6.39. The summed E-state index contributed by atoms with van der Waals surface area (Å²) in [5.74, 6) is 0.217. The summed E-state index contributed by atoms with van der Waals surface area (Å²) in [5, 5.41) is 3.68. The zero-order chi connectivity index (χ0) is 17.6. The lowest BCUT2D eigenvalue weighted by Crippen LogP contribution is -2.34. The molecule has 1 heterocycles. The molecule has 3 heteroatoms. The summed E-state index contributed by atoms with van der Waals surface area (Å²) in [6, 6.07) is 17.0. The van der Waals surface area contributed by atoms with Crippen molar-refractivity contribution in [2.24, 2.45) is 11.3 Å². The SMILES string of the molecule is Cc1ccc([C@@H]2Sc3ccccc3NC3=CC(C)(C)CC(=O)[C@H]32)cc1. The van der Waals surface area contributed by atoms with E-state index in [0.29, 0.717) is 12.2 Å². The Morgan fingerprint density at radius 2 is 1.80 bits per heavy atom. The van der Waals surface area contributed by atoms with Gasteiger partial charge in [0.1, 0.15) is 5.78 Å². The molecule has 2 atom stereocenters. The van der Waals surface area contributed by atoms with Crippen LogP contribution in [0.25, 0.3) is 0 Å². The minimum Gasteiger partial charge on any atom is -0.358 e. The number of rotatable bonds is 1. The van der Waals surface area contributed by atoms with Gasteiger partial charge in [0.05, 0.1) is 11.6 Å². The lowest BCUT2D eigenvalue weighted by molar-refractivity contribution is -0.123. The van der Waals surface area contributed by atoms with Gasteiger partial charge < -0.3 is 5.32 Å². The van der Waals surface area contributed by atoms with E-state index in [0.717, 1.165) is 11.4 Å². The van der Waals surface area contributed by atoms with Crippen molar-refractivity contribution in [3.63, 3.8) is 0 Å². The summed E-state index contributed by atoms with van der Waals surface area (Å²) in [5.41, 5.74) is 4.52. The average Bonchev–Trinajstić information content (AvgIpc) is 2.70. The molecule has 2 aromatic carbocycles. The van der Waals surface area contributed by atoms with E-state index in [1.54, 1.807) is 11.8 Å². The van der Waals surface area contributed by atoms with Crippen molar-refractivity contribution < 1.29 is 4.79 Å². The van der Waals surface area contributed by atoms with Crippen LogP contribution in [0.4, 0.5) is 5.69 Å². The van der Waals surface area contributed by atoms with Gasteiger partial charge in [0.15, 0.2) is 0 Å². The zero-order valence-corrected chi connectivity index (χ0v) is 15.7. The van der Waals surface area contributed by atoms with Gasteiger partial charge in [-0.3, -0.25) is 4.79 Å². The van der Waals surface area contributed by atoms with E-state index in [1.807, 2.05) is 6.07 Å². The molecule has 2 aromatic rings. The average molecular weight is 349 g/mol. The number of hydrogen-bond acceptors (Lipinski definition) is 3. The fourth-order valence-corrected chi connectivity index (χ4v) is 5.19. The van der Waals surface area contributed by atoms with Crippen molar-refractivity contribution in [3.05, 3.63) is 71.4 Å². The number of hydrogen-bond donors (Lipinski definition) is 1. The summed E-state index contributed by atoms with van der Waals surface area (Å²) in [6.45, 7) is 6.38. The standard InChI is InChI=1S/C22H23NOS/c1-14-8-10-15(11-9-14)21-20-17(12-22(2,3)13-18(20)24)23-16-6-4-5-7-19(16)25-21/h4-12,20-21,23H,13H2,1-3H3/t20-,21-/m0/s1. The van der Waals surface area contributed by atoms with Gasteiger partial charge in [-0.05, 0) is 30.0 Å². The molecule has 1 aliphatic heterocycles. The molecule has 1 N–H and O–H groups in total. The van der Waals surface area contributed by atoms with E-state index in [2.05, 4.69) is 74.6 Å². The van der Waals surface area contributed by atoms with E-state index >= 15 is 0 Å². The highest BCUT2D eigenvalue weighted by molar-refractivity contribution is 7.99. The molecular formula is C22H23NOS. The van der Waals surface area contributed by atoms with Crippen LogP contribution < -0.4 is 5.32 Å². The number of Topliss-reactive ketones (excluding diaryl/α,β-unsaturated/α-hetero) is 1. The topological polar surface area (TPSA) is 29.1 Å². The van der Waals surface area contributed by atoms with Crippen LogP contribution in [-0.4, -0.2) is 5.78 Å². The molecule has 0 bridgehead atoms. The second-order valence-electron chi connectivity index (χ2n) is 7.78. The Hall–Kier alpha value is -2.00. The number of thioether (sulfide) groups is 1. The maximum absolute atomic E-state index is 13.1. The molecule has 0 unspecified atom stereocenters. The highest BCUT2D eigenvalue weighted by atomic mass is 32.2.